The first kappa shape index (κ1) is 17.4. The fourth-order valence-electron chi connectivity index (χ4n) is 2.34. The maximum atomic E-state index is 12.2. The summed E-state index contributed by atoms with van der Waals surface area (Å²) in [5, 5.41) is 0. The Morgan fingerprint density at radius 2 is 1.95 bits per heavy atom. The van der Waals surface area contributed by atoms with Gasteiger partial charge >= 0.3 is 0 Å². The maximum absolute atomic E-state index is 12.2. The van der Waals surface area contributed by atoms with Gasteiger partial charge in [-0.15, -0.1) is 0 Å². The molecule has 0 aliphatic carbocycles. The minimum absolute atomic E-state index is 0.137. The molecule has 0 saturated heterocycles. The standard InChI is InChI=1S/C17H25NO3/c1-7-16(19)18(14(4)17(20-5)21-6)11-15-10-8-9-12(2)13(15)3/h7-10,14,17H,1,11H2,2-6H3. The Morgan fingerprint density at radius 3 is 2.48 bits per heavy atom. The van der Waals surface area contributed by atoms with E-state index in [0.717, 1.165) is 5.56 Å². The van der Waals surface area contributed by atoms with E-state index < -0.39 is 6.29 Å². The van der Waals surface area contributed by atoms with E-state index in [4.69, 9.17) is 9.47 Å². The molecule has 116 valence electrons. The first-order chi connectivity index (χ1) is 9.96. The summed E-state index contributed by atoms with van der Waals surface area (Å²) >= 11 is 0. The van der Waals surface area contributed by atoms with Gasteiger partial charge in [0.1, 0.15) is 0 Å². The lowest BCUT2D eigenvalue weighted by atomic mass is 10.0. The summed E-state index contributed by atoms with van der Waals surface area (Å²) in [7, 11) is 3.14. The first-order valence-corrected chi connectivity index (χ1v) is 7.00. The molecule has 1 aromatic rings. The van der Waals surface area contributed by atoms with Crippen molar-refractivity contribution in [2.45, 2.75) is 39.6 Å². The zero-order chi connectivity index (χ0) is 16.0. The molecule has 0 radical (unpaired) electrons. The van der Waals surface area contributed by atoms with Crippen LogP contribution in [0.15, 0.2) is 30.9 Å². The largest absolute Gasteiger partial charge is 0.354 e. The summed E-state index contributed by atoms with van der Waals surface area (Å²) in [6, 6.07) is 5.89. The van der Waals surface area contributed by atoms with E-state index in [-0.39, 0.29) is 11.9 Å². The Hall–Kier alpha value is -1.65. The molecule has 0 saturated carbocycles. The van der Waals surface area contributed by atoms with Crippen LogP contribution < -0.4 is 0 Å². The lowest BCUT2D eigenvalue weighted by Gasteiger charge is -2.33. The quantitative estimate of drug-likeness (QED) is 0.573. The van der Waals surface area contributed by atoms with Crippen molar-refractivity contribution in [1.29, 1.82) is 0 Å². The topological polar surface area (TPSA) is 38.8 Å². The molecule has 0 bridgehead atoms. The van der Waals surface area contributed by atoms with E-state index in [2.05, 4.69) is 26.5 Å². The highest BCUT2D eigenvalue weighted by atomic mass is 16.7. The summed E-state index contributed by atoms with van der Waals surface area (Å²) < 4.78 is 10.6. The van der Waals surface area contributed by atoms with Crippen molar-refractivity contribution in [1.82, 2.24) is 4.90 Å². The minimum atomic E-state index is -0.473. The van der Waals surface area contributed by atoms with E-state index in [9.17, 15) is 4.79 Å². The number of ether oxygens (including phenoxy) is 2. The van der Waals surface area contributed by atoms with Gasteiger partial charge < -0.3 is 14.4 Å². The molecule has 0 fully saturated rings. The van der Waals surface area contributed by atoms with Gasteiger partial charge in [-0.3, -0.25) is 4.79 Å². The van der Waals surface area contributed by atoms with Crippen LogP contribution >= 0.6 is 0 Å². The number of aryl methyl sites for hydroxylation is 1. The molecule has 4 nitrogen and oxygen atoms in total. The molecule has 21 heavy (non-hydrogen) atoms. The number of nitrogens with zero attached hydrogens (tertiary/aromatic N) is 1. The highest BCUT2D eigenvalue weighted by molar-refractivity contribution is 5.87. The van der Waals surface area contributed by atoms with E-state index in [1.54, 1.807) is 19.1 Å². The number of hydrogen-bond donors (Lipinski definition) is 0. The molecule has 1 atom stereocenters. The number of methoxy groups -OCH3 is 2. The van der Waals surface area contributed by atoms with E-state index in [0.29, 0.717) is 6.54 Å². The fraction of sp³-hybridized carbons (Fsp3) is 0.471. The molecule has 1 amide bonds. The Labute approximate surface area is 127 Å². The Bertz CT molecular complexity index is 495. The van der Waals surface area contributed by atoms with Gasteiger partial charge in [-0.1, -0.05) is 24.8 Å². The highest BCUT2D eigenvalue weighted by Gasteiger charge is 2.26. The van der Waals surface area contributed by atoms with Gasteiger partial charge in [0.2, 0.25) is 5.91 Å². The number of rotatable bonds is 7. The molecule has 0 aromatic heterocycles. The summed E-state index contributed by atoms with van der Waals surface area (Å²) in [6.07, 6.45) is 0.850. The van der Waals surface area contributed by atoms with Gasteiger partial charge in [-0.2, -0.15) is 0 Å². The van der Waals surface area contributed by atoms with Crippen LogP contribution in [-0.2, 0) is 20.8 Å². The average Bonchev–Trinajstić information content (AvgIpc) is 2.49. The lowest BCUT2D eigenvalue weighted by Crippen LogP contribution is -2.45. The van der Waals surface area contributed by atoms with Crippen molar-refractivity contribution in [3.8, 4) is 0 Å². The zero-order valence-corrected chi connectivity index (χ0v) is 13.6. The first-order valence-electron chi connectivity index (χ1n) is 7.00. The van der Waals surface area contributed by atoms with Crippen LogP contribution in [0.1, 0.15) is 23.6 Å². The second kappa shape index (κ2) is 7.96. The van der Waals surface area contributed by atoms with E-state index in [1.165, 1.54) is 17.2 Å². The van der Waals surface area contributed by atoms with Crippen molar-refractivity contribution in [3.63, 3.8) is 0 Å². The van der Waals surface area contributed by atoms with Crippen LogP contribution in [0.2, 0.25) is 0 Å². The second-order valence-corrected chi connectivity index (χ2v) is 5.11. The van der Waals surface area contributed by atoms with Gasteiger partial charge in [-0.25, -0.2) is 0 Å². The Balaban J connectivity index is 3.06. The maximum Gasteiger partial charge on any atom is 0.246 e. The number of amides is 1. The summed E-state index contributed by atoms with van der Waals surface area (Å²) in [6.45, 7) is 10.1. The van der Waals surface area contributed by atoms with Crippen molar-refractivity contribution in [2.75, 3.05) is 14.2 Å². The molecule has 4 heteroatoms. The number of benzene rings is 1. The monoisotopic (exact) mass is 291 g/mol. The molecule has 0 spiro atoms. The van der Waals surface area contributed by atoms with Gasteiger partial charge in [-0.05, 0) is 43.5 Å². The van der Waals surface area contributed by atoms with Crippen LogP contribution in [0.25, 0.3) is 0 Å². The third-order valence-electron chi connectivity index (χ3n) is 3.87. The van der Waals surface area contributed by atoms with Crippen LogP contribution in [0, 0.1) is 13.8 Å². The molecule has 1 rings (SSSR count). The fourth-order valence-corrected chi connectivity index (χ4v) is 2.34. The number of hydrogen-bond acceptors (Lipinski definition) is 3. The van der Waals surface area contributed by atoms with Crippen LogP contribution in [0.4, 0.5) is 0 Å². The highest BCUT2D eigenvalue weighted by Crippen LogP contribution is 2.18. The van der Waals surface area contributed by atoms with Crippen molar-refractivity contribution in [2.24, 2.45) is 0 Å². The number of carbonyl (C=O) groups is 1. The van der Waals surface area contributed by atoms with Gasteiger partial charge in [0.15, 0.2) is 6.29 Å². The smallest absolute Gasteiger partial charge is 0.246 e. The average molecular weight is 291 g/mol. The van der Waals surface area contributed by atoms with Gasteiger partial charge in [0.05, 0.1) is 6.04 Å². The molecule has 1 aromatic carbocycles. The van der Waals surface area contributed by atoms with Crippen LogP contribution in [0.5, 0.6) is 0 Å². The zero-order valence-electron chi connectivity index (χ0n) is 13.6. The summed E-state index contributed by atoms with van der Waals surface area (Å²) in [5.41, 5.74) is 3.52. The van der Waals surface area contributed by atoms with Crippen LogP contribution in [0.3, 0.4) is 0 Å². The Kier molecular flexibility index (Phi) is 6.59. The lowest BCUT2D eigenvalue weighted by molar-refractivity contribution is -0.158. The molecule has 0 N–H and O–H groups in total. The Morgan fingerprint density at radius 1 is 1.33 bits per heavy atom. The normalized spacial score (nSPS) is 12.3. The molecule has 0 heterocycles. The van der Waals surface area contributed by atoms with Crippen LogP contribution in [-0.4, -0.2) is 37.4 Å². The van der Waals surface area contributed by atoms with Gasteiger partial charge in [0.25, 0.3) is 0 Å². The number of carbonyl (C=O) groups excluding carboxylic acids is 1. The van der Waals surface area contributed by atoms with E-state index in [1.807, 2.05) is 19.1 Å². The molecule has 1 unspecified atom stereocenters. The summed E-state index contributed by atoms with van der Waals surface area (Å²) in [5.74, 6) is -0.137. The molecular weight excluding hydrogens is 266 g/mol. The predicted molar refractivity (Wildman–Crippen MR) is 83.9 cm³/mol. The molecular formula is C17H25NO3. The predicted octanol–water partition coefficient (Wildman–Crippen LogP) is 2.83. The van der Waals surface area contributed by atoms with Crippen molar-refractivity contribution < 1.29 is 14.3 Å². The SMILES string of the molecule is C=CC(=O)N(Cc1cccc(C)c1C)C(C)C(OC)OC. The van der Waals surface area contributed by atoms with Crippen molar-refractivity contribution >= 4 is 5.91 Å². The molecule has 0 aliphatic heterocycles. The van der Waals surface area contributed by atoms with Crippen molar-refractivity contribution in [3.05, 3.63) is 47.5 Å². The minimum Gasteiger partial charge on any atom is -0.354 e. The third-order valence-corrected chi connectivity index (χ3v) is 3.87. The summed E-state index contributed by atoms with van der Waals surface area (Å²) in [4.78, 5) is 13.9. The molecule has 0 aliphatic rings. The third kappa shape index (κ3) is 4.16. The second-order valence-electron chi connectivity index (χ2n) is 5.11. The van der Waals surface area contributed by atoms with E-state index >= 15 is 0 Å². The van der Waals surface area contributed by atoms with Gasteiger partial charge in [0, 0.05) is 20.8 Å².